The SMILES string of the molecule is NC1=[NH+][C@H]2[C@H](COC(=O)NCCCC(=O)c3ccc(C(=O)c4ccccc4)cc3)NC(N)=[N+]3CCC(O)(O)[C@]23N1. The molecule has 0 saturated carbocycles. The van der Waals surface area contributed by atoms with Gasteiger partial charge in [0.05, 0.1) is 6.54 Å². The zero-order chi connectivity index (χ0) is 28.5. The molecule has 0 bridgehead atoms. The molecule has 0 unspecified atom stereocenters. The van der Waals surface area contributed by atoms with Crippen LogP contribution in [0.5, 0.6) is 0 Å². The lowest BCUT2D eigenvalue weighted by atomic mass is 9.87. The Hall–Kier alpha value is -4.49. The summed E-state index contributed by atoms with van der Waals surface area (Å²) in [4.78, 5) is 40.4. The summed E-state index contributed by atoms with van der Waals surface area (Å²) in [5, 5.41) is 30.0. The Kier molecular flexibility index (Phi) is 7.17. The van der Waals surface area contributed by atoms with Crippen molar-refractivity contribution in [2.45, 2.75) is 42.8 Å². The lowest BCUT2D eigenvalue weighted by molar-refractivity contribution is -0.674. The first-order valence-electron chi connectivity index (χ1n) is 13.0. The number of carbonyl (C=O) groups is 3. The van der Waals surface area contributed by atoms with Crippen LogP contribution in [0.25, 0.3) is 0 Å². The molecule has 210 valence electrons. The minimum atomic E-state index is -2.14. The van der Waals surface area contributed by atoms with E-state index in [-0.39, 0.29) is 56.0 Å². The molecule has 3 aliphatic rings. The second-order valence-electron chi connectivity index (χ2n) is 10.1. The van der Waals surface area contributed by atoms with Gasteiger partial charge in [-0.15, -0.1) is 0 Å². The lowest BCUT2D eigenvalue weighted by Crippen LogP contribution is -2.91. The molecular weight excluding hydrogens is 518 g/mol. The highest BCUT2D eigenvalue weighted by atomic mass is 16.5. The topological polar surface area (TPSA) is 206 Å². The number of benzene rings is 2. The second kappa shape index (κ2) is 10.6. The Balaban J connectivity index is 1.08. The highest BCUT2D eigenvalue weighted by Gasteiger charge is 2.74. The molecule has 13 nitrogen and oxygen atoms in total. The number of nitrogens with zero attached hydrogens (tertiary/aromatic N) is 1. The van der Waals surface area contributed by atoms with Crippen molar-refractivity contribution >= 4 is 29.6 Å². The molecule has 2 aromatic carbocycles. The van der Waals surface area contributed by atoms with Crippen LogP contribution in [0.1, 0.15) is 45.5 Å². The number of aliphatic hydroxyl groups is 2. The molecule has 3 heterocycles. The molecule has 0 aliphatic carbocycles. The van der Waals surface area contributed by atoms with Gasteiger partial charge in [-0.2, -0.15) is 0 Å². The first kappa shape index (κ1) is 27.1. The van der Waals surface area contributed by atoms with Gasteiger partial charge in [-0.05, 0) is 6.42 Å². The number of amides is 1. The number of hydrogen-bond donors (Lipinski definition) is 8. The number of nitrogens with one attached hydrogen (secondary N) is 4. The number of hydrogen-bond acceptors (Lipinski definition) is 10. The Bertz CT molecular complexity index is 1380. The summed E-state index contributed by atoms with van der Waals surface area (Å²) in [5.74, 6) is -2.00. The van der Waals surface area contributed by atoms with E-state index < -0.39 is 29.6 Å². The summed E-state index contributed by atoms with van der Waals surface area (Å²) < 4.78 is 6.96. The summed E-state index contributed by atoms with van der Waals surface area (Å²) in [6.07, 6.45) is -0.0729. The quantitative estimate of drug-likeness (QED) is 0.0688. The number of guanidine groups is 2. The number of ether oxygens (including phenoxy) is 1. The highest BCUT2D eigenvalue weighted by Crippen LogP contribution is 2.36. The molecule has 1 amide bonds. The summed E-state index contributed by atoms with van der Waals surface area (Å²) in [7, 11) is 0. The molecule has 1 saturated heterocycles. The summed E-state index contributed by atoms with van der Waals surface area (Å²) >= 11 is 0. The standard InChI is InChI=1S/C27H31N7O6/c28-23-32-22-19(31-24(29)34-14-12-26(38,39)27(22,34)33-23)15-40-25(37)30-13-4-7-20(35)16-8-10-18(11-9-16)21(36)17-5-2-1-3-6-17/h1-3,5-6,8-11,19,22,38-39H,4,7,12-15H2,(H6,28,29,30,31,32,33,37)/p+2/t19-,22-,27-/m0/s1. The van der Waals surface area contributed by atoms with E-state index in [9.17, 15) is 24.6 Å². The summed E-state index contributed by atoms with van der Waals surface area (Å²) in [6.45, 7) is 0.352. The Labute approximate surface area is 229 Å². The third-order valence-electron chi connectivity index (χ3n) is 7.58. The van der Waals surface area contributed by atoms with E-state index in [0.29, 0.717) is 23.1 Å². The van der Waals surface area contributed by atoms with Crippen LogP contribution < -0.4 is 32.4 Å². The maximum Gasteiger partial charge on any atom is 0.407 e. The second-order valence-corrected chi connectivity index (χ2v) is 10.1. The number of rotatable bonds is 9. The first-order valence-corrected chi connectivity index (χ1v) is 13.0. The minimum absolute atomic E-state index is 0.0383. The predicted octanol–water partition coefficient (Wildman–Crippen LogP) is -2.95. The molecule has 1 spiro atoms. The van der Waals surface area contributed by atoms with Crippen molar-refractivity contribution in [1.29, 1.82) is 0 Å². The smallest absolute Gasteiger partial charge is 0.407 e. The Morgan fingerprint density at radius 3 is 2.45 bits per heavy atom. The molecule has 3 atom stereocenters. The number of nitrogens with two attached hydrogens (primary N) is 2. The Morgan fingerprint density at radius 1 is 1.05 bits per heavy atom. The maximum atomic E-state index is 12.6. The molecule has 0 aromatic heterocycles. The van der Waals surface area contributed by atoms with Gasteiger partial charge in [-0.1, -0.05) is 54.6 Å². The Morgan fingerprint density at radius 2 is 1.73 bits per heavy atom. The minimum Gasteiger partial charge on any atom is -0.446 e. The zero-order valence-corrected chi connectivity index (χ0v) is 21.7. The molecule has 10 N–H and O–H groups in total. The predicted molar refractivity (Wildman–Crippen MR) is 142 cm³/mol. The van der Waals surface area contributed by atoms with E-state index in [0.717, 1.165) is 0 Å². The number of ketones is 2. The number of carbonyl (C=O) groups excluding carboxylic acids is 3. The van der Waals surface area contributed by atoms with Gasteiger partial charge in [-0.3, -0.25) is 31.4 Å². The molecule has 3 aliphatic heterocycles. The fourth-order valence-corrected chi connectivity index (χ4v) is 5.58. The van der Waals surface area contributed by atoms with Crippen molar-refractivity contribution in [2.24, 2.45) is 11.5 Å². The van der Waals surface area contributed by atoms with Crippen LogP contribution in [-0.2, 0) is 4.74 Å². The van der Waals surface area contributed by atoms with Crippen LogP contribution in [0.3, 0.4) is 0 Å². The fraction of sp³-hybridized carbons (Fsp3) is 0.370. The van der Waals surface area contributed by atoms with Crippen LogP contribution in [0, 0.1) is 0 Å². The molecule has 0 radical (unpaired) electrons. The normalized spacial score (nSPS) is 24.2. The molecule has 40 heavy (non-hydrogen) atoms. The van der Waals surface area contributed by atoms with E-state index in [1.165, 1.54) is 0 Å². The van der Waals surface area contributed by atoms with Gasteiger partial charge < -0.3 is 20.3 Å². The largest absolute Gasteiger partial charge is 0.446 e. The van der Waals surface area contributed by atoms with Crippen molar-refractivity contribution in [3.05, 3.63) is 71.3 Å². The van der Waals surface area contributed by atoms with Gasteiger partial charge in [0.15, 0.2) is 17.6 Å². The third-order valence-corrected chi connectivity index (χ3v) is 7.58. The van der Waals surface area contributed by atoms with Gasteiger partial charge >= 0.3 is 18.0 Å². The average Bonchev–Trinajstić information content (AvgIpc) is 3.45. The lowest BCUT2D eigenvalue weighted by Gasteiger charge is -2.40. The van der Waals surface area contributed by atoms with E-state index in [1.54, 1.807) is 53.1 Å². The molecular formula is C27H33N7O6+2. The summed E-state index contributed by atoms with van der Waals surface area (Å²) in [6, 6.07) is 14.1. The van der Waals surface area contributed by atoms with Crippen LogP contribution in [0.15, 0.2) is 54.6 Å². The zero-order valence-electron chi connectivity index (χ0n) is 21.7. The monoisotopic (exact) mass is 551 g/mol. The molecule has 5 rings (SSSR count). The van der Waals surface area contributed by atoms with E-state index in [1.807, 2.05) is 6.07 Å². The third kappa shape index (κ3) is 4.84. The molecule has 2 aromatic rings. The van der Waals surface area contributed by atoms with Crippen molar-refractivity contribution in [1.82, 2.24) is 16.0 Å². The van der Waals surface area contributed by atoms with Crippen LogP contribution in [0.2, 0.25) is 0 Å². The van der Waals surface area contributed by atoms with E-state index in [2.05, 4.69) is 20.9 Å². The van der Waals surface area contributed by atoms with Crippen molar-refractivity contribution < 1.29 is 38.9 Å². The van der Waals surface area contributed by atoms with Gasteiger partial charge in [0.1, 0.15) is 12.6 Å². The average molecular weight is 552 g/mol. The van der Waals surface area contributed by atoms with Crippen molar-refractivity contribution in [3.8, 4) is 0 Å². The number of alkyl carbamates (subject to hydrolysis) is 1. The van der Waals surface area contributed by atoms with Crippen LogP contribution in [0.4, 0.5) is 4.79 Å². The van der Waals surface area contributed by atoms with Gasteiger partial charge in [0.2, 0.25) is 5.79 Å². The summed E-state index contributed by atoms with van der Waals surface area (Å²) in [5.41, 5.74) is 12.2. The maximum absolute atomic E-state index is 12.6. The molecule has 13 heteroatoms. The first-order chi connectivity index (χ1) is 19.1. The van der Waals surface area contributed by atoms with Crippen LogP contribution in [-0.4, -0.2) is 87.6 Å². The van der Waals surface area contributed by atoms with Crippen molar-refractivity contribution in [2.75, 3.05) is 19.7 Å². The fourth-order valence-electron chi connectivity index (χ4n) is 5.58. The van der Waals surface area contributed by atoms with Gasteiger partial charge in [0.25, 0.3) is 5.66 Å². The molecule has 1 fully saturated rings. The van der Waals surface area contributed by atoms with Gasteiger partial charge in [-0.25, -0.2) is 14.7 Å². The van der Waals surface area contributed by atoms with E-state index >= 15 is 0 Å². The van der Waals surface area contributed by atoms with E-state index in [4.69, 9.17) is 16.2 Å². The van der Waals surface area contributed by atoms with Gasteiger partial charge in [0, 0.05) is 36.1 Å². The van der Waals surface area contributed by atoms with Crippen molar-refractivity contribution in [3.63, 3.8) is 0 Å². The van der Waals surface area contributed by atoms with Crippen LogP contribution >= 0.6 is 0 Å². The highest BCUT2D eigenvalue weighted by molar-refractivity contribution is 6.09. The number of Topliss-reactive ketones (excluding diaryl/α,β-unsaturated/α-hetero) is 1.